The van der Waals surface area contributed by atoms with Crippen LogP contribution >= 0.6 is 0 Å². The largest absolute Gasteiger partial charge is 0.411 e. The topological polar surface area (TPSA) is 58.4 Å². The summed E-state index contributed by atoms with van der Waals surface area (Å²) in [5.41, 5.74) is 1.49. The molecule has 2 rings (SSSR count). The van der Waals surface area contributed by atoms with E-state index < -0.39 is 0 Å². The first-order valence-corrected chi connectivity index (χ1v) is 4.22. The van der Waals surface area contributed by atoms with E-state index in [2.05, 4.69) is 15.1 Å². The monoisotopic (exact) mass is 187 g/mol. The molecule has 0 radical (unpaired) electrons. The van der Waals surface area contributed by atoms with Crippen molar-refractivity contribution < 1.29 is 5.21 Å². The van der Waals surface area contributed by atoms with Crippen LogP contribution in [-0.2, 0) is 0 Å². The molecule has 0 aliphatic rings. The van der Waals surface area contributed by atoms with Gasteiger partial charge < -0.3 is 5.21 Å². The molecular weight excluding hydrogens is 178 g/mol. The van der Waals surface area contributed by atoms with Gasteiger partial charge in [-0.1, -0.05) is 23.4 Å². The second-order valence-corrected chi connectivity index (χ2v) is 2.92. The minimum Gasteiger partial charge on any atom is -0.411 e. The molecule has 1 aromatic carbocycles. The zero-order valence-electron chi connectivity index (χ0n) is 7.68. The van der Waals surface area contributed by atoms with Gasteiger partial charge in [-0.2, -0.15) is 0 Å². The number of aryl methyl sites for hydroxylation is 1. The highest BCUT2D eigenvalue weighted by atomic mass is 16.4. The summed E-state index contributed by atoms with van der Waals surface area (Å²) in [5.74, 6) is 0.665. The van der Waals surface area contributed by atoms with Gasteiger partial charge in [-0.05, 0) is 13.0 Å². The molecule has 0 amide bonds. The summed E-state index contributed by atoms with van der Waals surface area (Å²) in [5, 5.41) is 12.3. The predicted octanol–water partition coefficient (Wildman–Crippen LogP) is 1.75. The number of benzene rings is 1. The van der Waals surface area contributed by atoms with E-state index in [1.165, 1.54) is 6.21 Å². The highest BCUT2D eigenvalue weighted by Gasteiger charge is 2.02. The van der Waals surface area contributed by atoms with E-state index in [0.29, 0.717) is 11.5 Å². The predicted molar refractivity (Wildman–Crippen MR) is 53.7 cm³/mol. The number of rotatable bonds is 1. The molecule has 4 heteroatoms. The number of para-hydroxylation sites is 1. The first-order chi connectivity index (χ1) is 6.81. The molecule has 70 valence electrons. The summed E-state index contributed by atoms with van der Waals surface area (Å²) in [4.78, 5) is 8.43. The van der Waals surface area contributed by atoms with Gasteiger partial charge in [0, 0.05) is 5.39 Å². The van der Waals surface area contributed by atoms with E-state index in [9.17, 15) is 0 Å². The molecule has 0 saturated heterocycles. The maximum absolute atomic E-state index is 8.48. The highest BCUT2D eigenvalue weighted by molar-refractivity contribution is 5.95. The van der Waals surface area contributed by atoms with Crippen LogP contribution < -0.4 is 0 Å². The van der Waals surface area contributed by atoms with Crippen molar-refractivity contribution in [2.45, 2.75) is 6.92 Å². The van der Waals surface area contributed by atoms with Crippen molar-refractivity contribution in [3.63, 3.8) is 0 Å². The Morgan fingerprint density at radius 1 is 1.29 bits per heavy atom. The van der Waals surface area contributed by atoms with Gasteiger partial charge in [0.2, 0.25) is 0 Å². The van der Waals surface area contributed by atoms with Crippen LogP contribution in [0.15, 0.2) is 29.4 Å². The van der Waals surface area contributed by atoms with Crippen LogP contribution in [0.5, 0.6) is 0 Å². The number of hydrogen-bond acceptors (Lipinski definition) is 4. The number of hydrogen-bond donors (Lipinski definition) is 1. The third kappa shape index (κ3) is 1.42. The average Bonchev–Trinajstić information content (AvgIpc) is 2.18. The summed E-state index contributed by atoms with van der Waals surface area (Å²) >= 11 is 0. The fraction of sp³-hybridized carbons (Fsp3) is 0.100. The van der Waals surface area contributed by atoms with Crippen molar-refractivity contribution in [3.8, 4) is 0 Å². The Balaban J connectivity index is 2.79. The molecule has 0 aliphatic carbocycles. The molecule has 2 aromatic rings. The zero-order valence-corrected chi connectivity index (χ0v) is 7.68. The first-order valence-electron chi connectivity index (χ1n) is 4.22. The number of aromatic nitrogens is 2. The minimum absolute atomic E-state index is 0.635. The minimum atomic E-state index is 0.635. The van der Waals surface area contributed by atoms with Crippen molar-refractivity contribution in [2.75, 3.05) is 0 Å². The van der Waals surface area contributed by atoms with Crippen LogP contribution in [0, 0.1) is 6.92 Å². The quantitative estimate of drug-likeness (QED) is 0.420. The highest BCUT2D eigenvalue weighted by Crippen LogP contribution is 2.13. The summed E-state index contributed by atoms with van der Waals surface area (Å²) in [6, 6.07) is 7.61. The molecule has 0 atom stereocenters. The SMILES string of the molecule is Cc1nc(C=NO)c2ccccc2n1. The van der Waals surface area contributed by atoms with Crippen molar-refractivity contribution in [2.24, 2.45) is 5.16 Å². The van der Waals surface area contributed by atoms with Gasteiger partial charge in [-0.25, -0.2) is 9.97 Å². The van der Waals surface area contributed by atoms with Gasteiger partial charge in [-0.3, -0.25) is 0 Å². The number of oxime groups is 1. The molecular formula is C10H9N3O. The molecule has 0 fully saturated rings. The molecule has 1 N–H and O–H groups in total. The van der Waals surface area contributed by atoms with Gasteiger partial charge in [0.15, 0.2) is 0 Å². The Kier molecular flexibility index (Phi) is 2.10. The summed E-state index contributed by atoms with van der Waals surface area (Å²) in [6.07, 6.45) is 1.32. The van der Waals surface area contributed by atoms with Crippen LogP contribution in [0.4, 0.5) is 0 Å². The third-order valence-electron chi connectivity index (χ3n) is 1.92. The molecule has 4 nitrogen and oxygen atoms in total. The Morgan fingerprint density at radius 3 is 2.86 bits per heavy atom. The normalized spacial score (nSPS) is 11.2. The number of nitrogens with zero attached hydrogens (tertiary/aromatic N) is 3. The van der Waals surface area contributed by atoms with Crippen molar-refractivity contribution in [1.82, 2.24) is 9.97 Å². The Hall–Kier alpha value is -1.97. The van der Waals surface area contributed by atoms with Gasteiger partial charge in [0.1, 0.15) is 5.82 Å². The van der Waals surface area contributed by atoms with Crippen molar-refractivity contribution in [3.05, 3.63) is 35.8 Å². The standard InChI is InChI=1S/C10H9N3O/c1-7-12-9-5-3-2-4-8(9)10(13-7)6-11-14/h2-6,14H,1H3. The average molecular weight is 187 g/mol. The van der Waals surface area contributed by atoms with Gasteiger partial charge in [-0.15, -0.1) is 0 Å². The van der Waals surface area contributed by atoms with E-state index >= 15 is 0 Å². The van der Waals surface area contributed by atoms with Crippen LogP contribution in [0.3, 0.4) is 0 Å². The summed E-state index contributed by atoms with van der Waals surface area (Å²) < 4.78 is 0. The Bertz CT molecular complexity index is 494. The lowest BCUT2D eigenvalue weighted by atomic mass is 10.2. The maximum atomic E-state index is 8.48. The van der Waals surface area contributed by atoms with Gasteiger partial charge in [0.25, 0.3) is 0 Å². The second-order valence-electron chi connectivity index (χ2n) is 2.92. The Morgan fingerprint density at radius 2 is 2.07 bits per heavy atom. The molecule has 0 unspecified atom stereocenters. The van der Waals surface area contributed by atoms with Crippen LogP contribution in [0.1, 0.15) is 11.5 Å². The van der Waals surface area contributed by atoms with E-state index in [0.717, 1.165) is 10.9 Å². The molecule has 0 bridgehead atoms. The lowest BCUT2D eigenvalue weighted by Crippen LogP contribution is -1.96. The third-order valence-corrected chi connectivity index (χ3v) is 1.92. The molecule has 0 aliphatic heterocycles. The maximum Gasteiger partial charge on any atom is 0.126 e. The second kappa shape index (κ2) is 3.41. The molecule has 0 saturated carbocycles. The van der Waals surface area contributed by atoms with E-state index in [-0.39, 0.29) is 0 Å². The van der Waals surface area contributed by atoms with Crippen LogP contribution in [0.25, 0.3) is 10.9 Å². The van der Waals surface area contributed by atoms with E-state index in [1.807, 2.05) is 24.3 Å². The van der Waals surface area contributed by atoms with Crippen LogP contribution in [-0.4, -0.2) is 21.4 Å². The fourth-order valence-corrected chi connectivity index (χ4v) is 1.37. The van der Waals surface area contributed by atoms with E-state index in [1.54, 1.807) is 6.92 Å². The lowest BCUT2D eigenvalue weighted by molar-refractivity contribution is 0.321. The molecule has 1 heterocycles. The fourth-order valence-electron chi connectivity index (χ4n) is 1.37. The van der Waals surface area contributed by atoms with Crippen molar-refractivity contribution >= 4 is 17.1 Å². The van der Waals surface area contributed by atoms with Crippen LogP contribution in [0.2, 0.25) is 0 Å². The number of fused-ring (bicyclic) bond motifs is 1. The zero-order chi connectivity index (χ0) is 9.97. The van der Waals surface area contributed by atoms with Crippen molar-refractivity contribution in [1.29, 1.82) is 0 Å². The summed E-state index contributed by atoms with van der Waals surface area (Å²) in [6.45, 7) is 1.81. The van der Waals surface area contributed by atoms with Gasteiger partial charge in [0.05, 0.1) is 17.4 Å². The van der Waals surface area contributed by atoms with E-state index in [4.69, 9.17) is 5.21 Å². The van der Waals surface area contributed by atoms with Gasteiger partial charge >= 0.3 is 0 Å². The Labute approximate surface area is 80.9 Å². The summed E-state index contributed by atoms with van der Waals surface area (Å²) in [7, 11) is 0. The molecule has 1 aromatic heterocycles. The smallest absolute Gasteiger partial charge is 0.126 e. The molecule has 14 heavy (non-hydrogen) atoms. The first kappa shape index (κ1) is 8.62. The lowest BCUT2D eigenvalue weighted by Gasteiger charge is -2.01. The molecule has 0 spiro atoms.